The zero-order valence-electron chi connectivity index (χ0n) is 14.0. The number of carbonyl (C=O) groups is 2. The lowest BCUT2D eigenvalue weighted by Gasteiger charge is -2.35. The van der Waals surface area contributed by atoms with Gasteiger partial charge in [0.1, 0.15) is 0 Å². The normalized spacial score (nSPS) is 17.4. The van der Waals surface area contributed by atoms with Crippen molar-refractivity contribution in [1.82, 2.24) is 15.1 Å². The molecule has 0 unspecified atom stereocenters. The summed E-state index contributed by atoms with van der Waals surface area (Å²) in [5, 5.41) is 13.9. The zero-order valence-corrected chi connectivity index (χ0v) is 14.0. The lowest BCUT2D eigenvalue weighted by Crippen LogP contribution is -2.52. The molecule has 1 aromatic rings. The van der Waals surface area contributed by atoms with Crippen LogP contribution in [0.4, 0.5) is 5.69 Å². The fraction of sp³-hybridized carbons (Fsp3) is 0.529. The average molecular weight is 346 g/mol. The number of benzene rings is 1. The van der Waals surface area contributed by atoms with Crippen molar-refractivity contribution in [2.45, 2.75) is 12.8 Å². The van der Waals surface area contributed by atoms with Gasteiger partial charge >= 0.3 is 0 Å². The third kappa shape index (κ3) is 4.54. The summed E-state index contributed by atoms with van der Waals surface area (Å²) in [6.45, 7) is 3.25. The number of non-ortho nitro benzene ring substituents is 1. The van der Waals surface area contributed by atoms with Gasteiger partial charge in [0.15, 0.2) is 0 Å². The second-order valence-corrected chi connectivity index (χ2v) is 6.55. The minimum atomic E-state index is -0.490. The predicted octanol–water partition coefficient (Wildman–Crippen LogP) is 0.879. The maximum Gasteiger partial charge on any atom is 0.269 e. The first kappa shape index (κ1) is 17.3. The molecule has 1 aliphatic carbocycles. The number of carbonyl (C=O) groups excluding carboxylic acids is 2. The standard InChI is InChI=1S/C17H22N4O4/c22-16(12-18-11-13-1-2-13)19-7-9-20(10-8-19)17(23)14-3-5-15(6-4-14)21(24)25/h3-6,13,18H,1-2,7-12H2. The molecule has 0 bridgehead atoms. The first-order valence-corrected chi connectivity index (χ1v) is 8.57. The molecule has 1 heterocycles. The summed E-state index contributed by atoms with van der Waals surface area (Å²) in [6.07, 6.45) is 2.51. The molecule has 134 valence electrons. The summed E-state index contributed by atoms with van der Waals surface area (Å²) in [5.41, 5.74) is 0.391. The van der Waals surface area contributed by atoms with Gasteiger partial charge in [0, 0.05) is 43.9 Å². The van der Waals surface area contributed by atoms with E-state index >= 15 is 0 Å². The van der Waals surface area contributed by atoms with Crippen LogP contribution in [-0.4, -0.2) is 65.8 Å². The van der Waals surface area contributed by atoms with E-state index in [9.17, 15) is 19.7 Å². The number of rotatable bonds is 6. The molecule has 3 rings (SSSR count). The molecule has 0 spiro atoms. The quantitative estimate of drug-likeness (QED) is 0.609. The van der Waals surface area contributed by atoms with Gasteiger partial charge in [-0.05, 0) is 37.4 Å². The van der Waals surface area contributed by atoms with E-state index in [0.717, 1.165) is 12.5 Å². The van der Waals surface area contributed by atoms with Gasteiger partial charge in [-0.2, -0.15) is 0 Å². The Morgan fingerprint density at radius 1 is 1.08 bits per heavy atom. The van der Waals surface area contributed by atoms with Gasteiger partial charge in [-0.3, -0.25) is 19.7 Å². The van der Waals surface area contributed by atoms with E-state index in [0.29, 0.717) is 38.3 Å². The Hall–Kier alpha value is -2.48. The van der Waals surface area contributed by atoms with Crippen LogP contribution in [0.25, 0.3) is 0 Å². The van der Waals surface area contributed by atoms with E-state index in [1.54, 1.807) is 9.80 Å². The molecular weight excluding hydrogens is 324 g/mol. The number of nitro benzene ring substituents is 1. The largest absolute Gasteiger partial charge is 0.338 e. The summed E-state index contributed by atoms with van der Waals surface area (Å²) in [6, 6.07) is 5.61. The number of hydrogen-bond acceptors (Lipinski definition) is 5. The highest BCUT2D eigenvalue weighted by molar-refractivity contribution is 5.94. The highest BCUT2D eigenvalue weighted by atomic mass is 16.6. The smallest absolute Gasteiger partial charge is 0.269 e. The molecule has 2 aliphatic rings. The van der Waals surface area contributed by atoms with E-state index in [2.05, 4.69) is 5.32 Å². The fourth-order valence-electron chi connectivity index (χ4n) is 2.88. The lowest BCUT2D eigenvalue weighted by atomic mass is 10.1. The van der Waals surface area contributed by atoms with Gasteiger partial charge in [0.2, 0.25) is 5.91 Å². The Bertz CT molecular complexity index is 649. The van der Waals surface area contributed by atoms with Gasteiger partial charge in [-0.1, -0.05) is 0 Å². The van der Waals surface area contributed by atoms with Crippen molar-refractivity contribution < 1.29 is 14.5 Å². The molecule has 0 radical (unpaired) electrons. The summed E-state index contributed by atoms with van der Waals surface area (Å²) in [5.74, 6) is 0.654. The van der Waals surface area contributed by atoms with Crippen molar-refractivity contribution in [3.8, 4) is 0 Å². The molecule has 1 aromatic carbocycles. The SMILES string of the molecule is O=C(CNCC1CC1)N1CCN(C(=O)c2ccc([N+](=O)[O-])cc2)CC1. The van der Waals surface area contributed by atoms with Crippen LogP contribution < -0.4 is 5.32 Å². The third-order valence-electron chi connectivity index (χ3n) is 4.65. The molecule has 0 aromatic heterocycles. The summed E-state index contributed by atoms with van der Waals surface area (Å²) in [7, 11) is 0. The van der Waals surface area contributed by atoms with Crippen molar-refractivity contribution in [3.05, 3.63) is 39.9 Å². The summed E-state index contributed by atoms with van der Waals surface area (Å²) < 4.78 is 0. The van der Waals surface area contributed by atoms with Gasteiger partial charge in [-0.15, -0.1) is 0 Å². The van der Waals surface area contributed by atoms with Gasteiger partial charge in [0.25, 0.3) is 11.6 Å². The average Bonchev–Trinajstić information content (AvgIpc) is 3.45. The topological polar surface area (TPSA) is 95.8 Å². The monoisotopic (exact) mass is 346 g/mol. The number of amides is 2. The second-order valence-electron chi connectivity index (χ2n) is 6.55. The fourth-order valence-corrected chi connectivity index (χ4v) is 2.88. The van der Waals surface area contributed by atoms with Crippen LogP contribution in [-0.2, 0) is 4.79 Å². The molecule has 2 amide bonds. The molecule has 2 fully saturated rings. The highest BCUT2D eigenvalue weighted by Gasteiger charge is 2.26. The molecule has 1 saturated carbocycles. The van der Waals surface area contributed by atoms with Crippen molar-refractivity contribution in [1.29, 1.82) is 0 Å². The van der Waals surface area contributed by atoms with Gasteiger partial charge < -0.3 is 15.1 Å². The zero-order chi connectivity index (χ0) is 17.8. The molecule has 1 saturated heterocycles. The minimum absolute atomic E-state index is 0.0364. The van der Waals surface area contributed by atoms with Crippen molar-refractivity contribution in [2.24, 2.45) is 5.92 Å². The molecular formula is C17H22N4O4. The first-order chi connectivity index (χ1) is 12.0. The summed E-state index contributed by atoms with van der Waals surface area (Å²) >= 11 is 0. The van der Waals surface area contributed by atoms with E-state index in [-0.39, 0.29) is 17.5 Å². The van der Waals surface area contributed by atoms with Crippen LogP contribution in [0.5, 0.6) is 0 Å². The van der Waals surface area contributed by atoms with Crippen LogP contribution in [0.15, 0.2) is 24.3 Å². The number of nitrogens with zero attached hydrogens (tertiary/aromatic N) is 3. The third-order valence-corrected chi connectivity index (χ3v) is 4.65. The molecule has 1 aliphatic heterocycles. The number of nitrogens with one attached hydrogen (secondary N) is 1. The van der Waals surface area contributed by atoms with Crippen molar-refractivity contribution in [2.75, 3.05) is 39.3 Å². The minimum Gasteiger partial charge on any atom is -0.338 e. The van der Waals surface area contributed by atoms with Gasteiger partial charge in [0.05, 0.1) is 11.5 Å². The van der Waals surface area contributed by atoms with Crippen LogP contribution in [0.2, 0.25) is 0 Å². The first-order valence-electron chi connectivity index (χ1n) is 8.57. The van der Waals surface area contributed by atoms with E-state index in [4.69, 9.17) is 0 Å². The maximum absolute atomic E-state index is 12.5. The van der Waals surface area contributed by atoms with Crippen LogP contribution in [0.1, 0.15) is 23.2 Å². The van der Waals surface area contributed by atoms with E-state index in [1.807, 2.05) is 0 Å². The molecule has 8 nitrogen and oxygen atoms in total. The summed E-state index contributed by atoms with van der Waals surface area (Å²) in [4.78, 5) is 38.2. The highest BCUT2D eigenvalue weighted by Crippen LogP contribution is 2.27. The lowest BCUT2D eigenvalue weighted by molar-refractivity contribution is -0.384. The van der Waals surface area contributed by atoms with Crippen LogP contribution >= 0.6 is 0 Å². The second kappa shape index (κ2) is 7.60. The molecule has 25 heavy (non-hydrogen) atoms. The van der Waals surface area contributed by atoms with Crippen molar-refractivity contribution in [3.63, 3.8) is 0 Å². The number of piperazine rings is 1. The van der Waals surface area contributed by atoms with E-state index < -0.39 is 4.92 Å². The molecule has 1 N–H and O–H groups in total. The number of hydrogen-bond donors (Lipinski definition) is 1. The number of nitro groups is 1. The predicted molar refractivity (Wildman–Crippen MR) is 91.2 cm³/mol. The molecule has 0 atom stereocenters. The van der Waals surface area contributed by atoms with Crippen LogP contribution in [0, 0.1) is 16.0 Å². The Balaban J connectivity index is 1.46. The Morgan fingerprint density at radius 3 is 2.24 bits per heavy atom. The van der Waals surface area contributed by atoms with Crippen LogP contribution in [0.3, 0.4) is 0 Å². The Morgan fingerprint density at radius 2 is 1.68 bits per heavy atom. The van der Waals surface area contributed by atoms with Gasteiger partial charge in [-0.25, -0.2) is 0 Å². The maximum atomic E-state index is 12.5. The Kier molecular flexibility index (Phi) is 5.28. The van der Waals surface area contributed by atoms with Crippen molar-refractivity contribution >= 4 is 17.5 Å². The van der Waals surface area contributed by atoms with E-state index in [1.165, 1.54) is 37.1 Å². The molecule has 8 heteroatoms. The Labute approximate surface area is 145 Å².